The van der Waals surface area contributed by atoms with Gasteiger partial charge in [-0.3, -0.25) is 4.90 Å². The second-order valence-electron chi connectivity index (χ2n) is 5.29. The third-order valence-electron chi connectivity index (χ3n) is 3.98. The average Bonchev–Trinajstić information content (AvgIpc) is 2.77. The Balaban J connectivity index is 2.20. The van der Waals surface area contributed by atoms with E-state index in [1.54, 1.807) is 7.11 Å². The first-order valence-corrected chi connectivity index (χ1v) is 7.47. The van der Waals surface area contributed by atoms with Gasteiger partial charge in [0, 0.05) is 31.8 Å². The predicted molar refractivity (Wildman–Crippen MR) is 81.0 cm³/mol. The van der Waals surface area contributed by atoms with Crippen LogP contribution in [0, 0.1) is 0 Å². The molecule has 0 amide bonds. The zero-order chi connectivity index (χ0) is 14.4. The molecule has 20 heavy (non-hydrogen) atoms. The largest absolute Gasteiger partial charge is 0.497 e. The summed E-state index contributed by atoms with van der Waals surface area (Å²) in [4.78, 5) is 2.46. The van der Waals surface area contributed by atoms with Crippen LogP contribution in [0.5, 0.6) is 5.75 Å². The van der Waals surface area contributed by atoms with Crippen LogP contribution in [0.4, 0.5) is 0 Å². The van der Waals surface area contributed by atoms with Crippen molar-refractivity contribution >= 4 is 0 Å². The Labute approximate surface area is 121 Å². The van der Waals surface area contributed by atoms with E-state index in [-0.39, 0.29) is 12.1 Å². The maximum absolute atomic E-state index is 6.39. The summed E-state index contributed by atoms with van der Waals surface area (Å²) in [5.74, 6) is 0.886. The zero-order valence-electron chi connectivity index (χ0n) is 12.5. The Kier molecular flexibility index (Phi) is 5.83. The molecule has 1 fully saturated rings. The summed E-state index contributed by atoms with van der Waals surface area (Å²) >= 11 is 0. The lowest BCUT2D eigenvalue weighted by Gasteiger charge is -2.34. The Morgan fingerprint density at radius 3 is 2.65 bits per heavy atom. The van der Waals surface area contributed by atoms with Crippen LogP contribution in [0.1, 0.15) is 31.4 Å². The van der Waals surface area contributed by atoms with E-state index in [4.69, 9.17) is 15.2 Å². The van der Waals surface area contributed by atoms with Crippen LogP contribution < -0.4 is 10.5 Å². The normalized spacial score (nSPS) is 20.1. The number of nitrogens with two attached hydrogens (primary N) is 1. The fraction of sp³-hybridized carbons (Fsp3) is 0.625. The molecule has 1 heterocycles. The fourth-order valence-electron chi connectivity index (χ4n) is 2.80. The third-order valence-corrected chi connectivity index (χ3v) is 3.98. The highest BCUT2D eigenvalue weighted by atomic mass is 16.5. The van der Waals surface area contributed by atoms with Crippen LogP contribution in [-0.2, 0) is 4.74 Å². The standard InChI is InChI=1S/C16H26N2O2/c1-3-15(17)16(18-9-4-11-20-12-10-18)13-5-7-14(19-2)8-6-13/h5-8,15-16H,3-4,9-12,17H2,1-2H3. The Morgan fingerprint density at radius 2 is 2.00 bits per heavy atom. The van der Waals surface area contributed by atoms with Crippen LogP contribution >= 0.6 is 0 Å². The molecule has 2 unspecified atom stereocenters. The summed E-state index contributed by atoms with van der Waals surface area (Å²) in [5, 5.41) is 0. The molecule has 0 saturated carbocycles. The molecule has 4 nitrogen and oxygen atoms in total. The van der Waals surface area contributed by atoms with Crippen molar-refractivity contribution in [2.45, 2.75) is 31.8 Å². The lowest BCUT2D eigenvalue weighted by atomic mass is 9.96. The lowest BCUT2D eigenvalue weighted by molar-refractivity contribution is 0.125. The average molecular weight is 278 g/mol. The van der Waals surface area contributed by atoms with Crippen molar-refractivity contribution in [3.8, 4) is 5.75 Å². The van der Waals surface area contributed by atoms with Gasteiger partial charge in [0.15, 0.2) is 0 Å². The highest BCUT2D eigenvalue weighted by molar-refractivity contribution is 5.30. The van der Waals surface area contributed by atoms with E-state index in [0.717, 1.165) is 44.9 Å². The SMILES string of the molecule is CCC(N)C(c1ccc(OC)cc1)N1CCCOCC1. The zero-order valence-corrected chi connectivity index (χ0v) is 12.5. The molecule has 0 aromatic heterocycles. The van der Waals surface area contributed by atoms with Gasteiger partial charge in [0.25, 0.3) is 0 Å². The molecular formula is C16H26N2O2. The van der Waals surface area contributed by atoms with Crippen molar-refractivity contribution in [1.82, 2.24) is 4.90 Å². The van der Waals surface area contributed by atoms with Gasteiger partial charge < -0.3 is 15.2 Å². The van der Waals surface area contributed by atoms with E-state index in [1.807, 2.05) is 12.1 Å². The smallest absolute Gasteiger partial charge is 0.118 e. The summed E-state index contributed by atoms with van der Waals surface area (Å²) in [6.07, 6.45) is 2.04. The number of methoxy groups -OCH3 is 1. The van der Waals surface area contributed by atoms with Crippen molar-refractivity contribution < 1.29 is 9.47 Å². The number of ether oxygens (including phenoxy) is 2. The Hall–Kier alpha value is -1.10. The molecule has 2 N–H and O–H groups in total. The van der Waals surface area contributed by atoms with Crippen molar-refractivity contribution in [1.29, 1.82) is 0 Å². The van der Waals surface area contributed by atoms with Crippen molar-refractivity contribution in [2.24, 2.45) is 5.73 Å². The van der Waals surface area contributed by atoms with Crippen molar-refractivity contribution in [3.63, 3.8) is 0 Å². The van der Waals surface area contributed by atoms with Gasteiger partial charge in [-0.25, -0.2) is 0 Å². The van der Waals surface area contributed by atoms with E-state index < -0.39 is 0 Å². The maximum Gasteiger partial charge on any atom is 0.118 e. The molecule has 0 spiro atoms. The summed E-state index contributed by atoms with van der Waals surface area (Å²) < 4.78 is 10.8. The van der Waals surface area contributed by atoms with Gasteiger partial charge in [0.2, 0.25) is 0 Å². The highest BCUT2D eigenvalue weighted by Gasteiger charge is 2.26. The molecule has 1 aliphatic heterocycles. The molecule has 0 aliphatic carbocycles. The minimum Gasteiger partial charge on any atom is -0.497 e. The van der Waals surface area contributed by atoms with Crippen LogP contribution in [0.2, 0.25) is 0 Å². The molecular weight excluding hydrogens is 252 g/mol. The number of benzene rings is 1. The van der Waals surface area contributed by atoms with Crippen LogP contribution in [-0.4, -0.2) is 44.4 Å². The second-order valence-corrected chi connectivity index (χ2v) is 5.29. The number of rotatable bonds is 5. The van der Waals surface area contributed by atoms with Gasteiger partial charge in [0.1, 0.15) is 5.75 Å². The minimum absolute atomic E-state index is 0.140. The van der Waals surface area contributed by atoms with Crippen molar-refractivity contribution in [3.05, 3.63) is 29.8 Å². The van der Waals surface area contributed by atoms with Crippen LogP contribution in [0.3, 0.4) is 0 Å². The molecule has 4 heteroatoms. The van der Waals surface area contributed by atoms with Gasteiger partial charge in [-0.05, 0) is 30.5 Å². The maximum atomic E-state index is 6.39. The summed E-state index contributed by atoms with van der Waals surface area (Å²) in [6, 6.07) is 8.68. The highest BCUT2D eigenvalue weighted by Crippen LogP contribution is 2.27. The Morgan fingerprint density at radius 1 is 1.25 bits per heavy atom. The summed E-state index contributed by atoms with van der Waals surface area (Å²) in [5.41, 5.74) is 7.65. The lowest BCUT2D eigenvalue weighted by Crippen LogP contribution is -2.42. The van der Waals surface area contributed by atoms with Gasteiger partial charge in [-0.2, -0.15) is 0 Å². The number of nitrogens with zero attached hydrogens (tertiary/aromatic N) is 1. The topological polar surface area (TPSA) is 47.7 Å². The molecule has 1 saturated heterocycles. The van der Waals surface area contributed by atoms with Gasteiger partial charge >= 0.3 is 0 Å². The predicted octanol–water partition coefficient (Wildman–Crippen LogP) is 2.20. The molecule has 1 aromatic rings. The van der Waals surface area contributed by atoms with E-state index in [2.05, 4.69) is 24.0 Å². The van der Waals surface area contributed by atoms with Gasteiger partial charge in [0.05, 0.1) is 13.7 Å². The number of hydrogen-bond donors (Lipinski definition) is 1. The molecule has 112 valence electrons. The first kappa shape index (κ1) is 15.3. The van der Waals surface area contributed by atoms with Crippen LogP contribution in [0.15, 0.2) is 24.3 Å². The molecule has 0 radical (unpaired) electrons. The molecule has 1 aromatic carbocycles. The van der Waals surface area contributed by atoms with E-state index in [1.165, 1.54) is 5.56 Å². The van der Waals surface area contributed by atoms with Gasteiger partial charge in [-0.1, -0.05) is 19.1 Å². The first-order chi connectivity index (χ1) is 9.76. The quantitative estimate of drug-likeness (QED) is 0.897. The van der Waals surface area contributed by atoms with E-state index >= 15 is 0 Å². The van der Waals surface area contributed by atoms with E-state index in [9.17, 15) is 0 Å². The van der Waals surface area contributed by atoms with Gasteiger partial charge in [-0.15, -0.1) is 0 Å². The van der Waals surface area contributed by atoms with E-state index in [0.29, 0.717) is 0 Å². The monoisotopic (exact) mass is 278 g/mol. The summed E-state index contributed by atoms with van der Waals surface area (Å²) in [6.45, 7) is 5.79. The molecule has 2 atom stereocenters. The minimum atomic E-state index is 0.140. The number of hydrogen-bond acceptors (Lipinski definition) is 4. The second kappa shape index (κ2) is 7.62. The first-order valence-electron chi connectivity index (χ1n) is 7.47. The third kappa shape index (κ3) is 3.72. The molecule has 0 bridgehead atoms. The fourth-order valence-corrected chi connectivity index (χ4v) is 2.80. The Bertz CT molecular complexity index is 386. The molecule has 1 aliphatic rings. The summed E-state index contributed by atoms with van der Waals surface area (Å²) in [7, 11) is 1.69. The molecule has 2 rings (SSSR count). The van der Waals surface area contributed by atoms with Crippen LogP contribution in [0.25, 0.3) is 0 Å². The van der Waals surface area contributed by atoms with Crippen molar-refractivity contribution in [2.75, 3.05) is 33.4 Å².